The van der Waals surface area contributed by atoms with Gasteiger partial charge in [-0.25, -0.2) is 4.79 Å². The highest BCUT2D eigenvalue weighted by Crippen LogP contribution is 2.40. The van der Waals surface area contributed by atoms with E-state index < -0.39 is 42.8 Å². The van der Waals surface area contributed by atoms with E-state index >= 15 is 0 Å². The number of hydrogen-bond acceptors (Lipinski definition) is 4. The lowest BCUT2D eigenvalue weighted by atomic mass is 9.85. The number of anilines is 1. The molecule has 1 aliphatic carbocycles. The first-order chi connectivity index (χ1) is 15.1. The van der Waals surface area contributed by atoms with Crippen molar-refractivity contribution in [2.75, 3.05) is 37.7 Å². The molecular formula is C21H25F3N4O4. The summed E-state index contributed by atoms with van der Waals surface area (Å²) in [6.07, 6.45) is -4.02. The molecule has 1 aromatic carbocycles. The second-order valence-electron chi connectivity index (χ2n) is 8.58. The number of carbonyl (C=O) groups excluding carboxylic acids is 2. The Bertz CT molecular complexity index is 883. The Kier molecular flexibility index (Phi) is 5.68. The Morgan fingerprint density at radius 3 is 2.28 bits per heavy atom. The molecule has 0 bridgehead atoms. The lowest BCUT2D eigenvalue weighted by molar-refractivity contribution is -0.163. The van der Waals surface area contributed by atoms with Crippen LogP contribution in [-0.4, -0.2) is 88.3 Å². The second-order valence-corrected chi connectivity index (χ2v) is 8.58. The molecule has 3 aliphatic rings. The molecule has 2 heterocycles. The molecule has 1 saturated carbocycles. The van der Waals surface area contributed by atoms with Crippen LogP contribution in [-0.2, 0) is 9.59 Å². The van der Waals surface area contributed by atoms with Gasteiger partial charge in [0.15, 0.2) is 0 Å². The summed E-state index contributed by atoms with van der Waals surface area (Å²) in [4.78, 5) is 42.9. The monoisotopic (exact) mass is 454 g/mol. The van der Waals surface area contributed by atoms with Crippen LogP contribution in [0.25, 0.3) is 0 Å². The van der Waals surface area contributed by atoms with Gasteiger partial charge in [-0.1, -0.05) is 18.2 Å². The van der Waals surface area contributed by atoms with Crippen molar-refractivity contribution in [3.8, 4) is 0 Å². The van der Waals surface area contributed by atoms with Gasteiger partial charge >= 0.3 is 12.3 Å². The summed E-state index contributed by atoms with van der Waals surface area (Å²) in [6.45, 7) is -1.37. The number of rotatable bonds is 5. The van der Waals surface area contributed by atoms with Gasteiger partial charge in [-0.05, 0) is 37.8 Å². The zero-order chi connectivity index (χ0) is 23.1. The summed E-state index contributed by atoms with van der Waals surface area (Å²) in [7, 11) is 0. The van der Waals surface area contributed by atoms with E-state index in [0.29, 0.717) is 12.8 Å². The fraction of sp³-hybridized carbons (Fsp3) is 0.571. The molecule has 2 aliphatic heterocycles. The number of alkyl halides is 3. The molecule has 174 valence electrons. The number of carboxylic acid groups (broad SMARTS) is 1. The van der Waals surface area contributed by atoms with Crippen molar-refractivity contribution in [1.29, 1.82) is 0 Å². The van der Waals surface area contributed by atoms with Crippen LogP contribution in [0, 0.1) is 0 Å². The molecule has 0 radical (unpaired) electrons. The van der Waals surface area contributed by atoms with Gasteiger partial charge in [0.2, 0.25) is 5.91 Å². The minimum Gasteiger partial charge on any atom is -0.465 e. The smallest absolute Gasteiger partial charge is 0.407 e. The normalized spacial score (nSPS) is 20.7. The van der Waals surface area contributed by atoms with Crippen molar-refractivity contribution in [1.82, 2.24) is 14.7 Å². The Labute approximate surface area is 183 Å². The zero-order valence-electron chi connectivity index (χ0n) is 17.4. The van der Waals surface area contributed by atoms with E-state index in [1.54, 1.807) is 0 Å². The molecule has 11 heteroatoms. The summed E-state index contributed by atoms with van der Waals surface area (Å²) in [6, 6.07) is 8.67. The number of hydrogen-bond donors (Lipinski definition) is 1. The van der Waals surface area contributed by atoms with Gasteiger partial charge in [-0.15, -0.1) is 0 Å². The number of amides is 3. The van der Waals surface area contributed by atoms with E-state index in [1.165, 1.54) is 9.80 Å². The molecule has 2 saturated heterocycles. The van der Waals surface area contributed by atoms with Crippen molar-refractivity contribution in [2.24, 2.45) is 0 Å². The van der Waals surface area contributed by atoms with E-state index in [2.05, 4.69) is 0 Å². The quantitative estimate of drug-likeness (QED) is 0.739. The Hall–Kier alpha value is -2.98. The summed E-state index contributed by atoms with van der Waals surface area (Å²) in [5, 5.41) is 9.28. The first-order valence-electron chi connectivity index (χ1n) is 10.6. The van der Waals surface area contributed by atoms with Crippen LogP contribution in [0.2, 0.25) is 0 Å². The molecule has 4 rings (SSSR count). The number of benzene rings is 1. The minimum absolute atomic E-state index is 0.0617. The molecular weight excluding hydrogens is 429 g/mol. The fourth-order valence-electron chi connectivity index (χ4n) is 4.64. The van der Waals surface area contributed by atoms with Gasteiger partial charge < -0.3 is 24.7 Å². The Morgan fingerprint density at radius 2 is 1.75 bits per heavy atom. The first kappa shape index (κ1) is 22.2. The molecule has 32 heavy (non-hydrogen) atoms. The molecule has 3 amide bonds. The maximum Gasteiger partial charge on any atom is 0.407 e. The molecule has 0 unspecified atom stereocenters. The SMILES string of the molecule is O=C(O)N1CCC2(CC1)C(=O)N(CC(=O)N(CC(F)(F)F)C1CC1)CN2c1ccccc1. The lowest BCUT2D eigenvalue weighted by Crippen LogP contribution is -2.57. The van der Waals surface area contributed by atoms with E-state index in [9.17, 15) is 32.7 Å². The predicted molar refractivity (Wildman–Crippen MR) is 108 cm³/mol. The zero-order valence-corrected chi connectivity index (χ0v) is 17.4. The van der Waals surface area contributed by atoms with Crippen LogP contribution in [0.5, 0.6) is 0 Å². The lowest BCUT2D eigenvalue weighted by Gasteiger charge is -2.42. The van der Waals surface area contributed by atoms with Crippen LogP contribution in [0.15, 0.2) is 30.3 Å². The maximum absolute atomic E-state index is 13.5. The van der Waals surface area contributed by atoms with Crippen molar-refractivity contribution < 1.29 is 32.7 Å². The highest BCUT2D eigenvalue weighted by atomic mass is 19.4. The summed E-state index contributed by atoms with van der Waals surface area (Å²) < 4.78 is 38.9. The maximum atomic E-state index is 13.5. The molecule has 8 nitrogen and oxygen atoms in total. The third kappa shape index (κ3) is 4.33. The molecule has 1 spiro atoms. The predicted octanol–water partition coefficient (Wildman–Crippen LogP) is 2.36. The minimum atomic E-state index is -4.51. The van der Waals surface area contributed by atoms with Crippen molar-refractivity contribution >= 4 is 23.6 Å². The van der Waals surface area contributed by atoms with E-state index in [4.69, 9.17) is 0 Å². The molecule has 3 fully saturated rings. The van der Waals surface area contributed by atoms with E-state index in [1.807, 2.05) is 35.2 Å². The highest BCUT2D eigenvalue weighted by molar-refractivity contribution is 5.96. The number of nitrogens with zero attached hydrogens (tertiary/aromatic N) is 4. The van der Waals surface area contributed by atoms with Gasteiger partial charge in [-0.2, -0.15) is 13.2 Å². The Balaban J connectivity index is 1.56. The van der Waals surface area contributed by atoms with E-state index in [0.717, 1.165) is 10.6 Å². The van der Waals surface area contributed by atoms with Gasteiger partial charge in [0, 0.05) is 24.8 Å². The number of piperidine rings is 1. The summed E-state index contributed by atoms with van der Waals surface area (Å²) >= 11 is 0. The number of halogens is 3. The Morgan fingerprint density at radius 1 is 1.12 bits per heavy atom. The number of likely N-dealkylation sites (tertiary alicyclic amines) is 1. The van der Waals surface area contributed by atoms with Crippen LogP contribution in [0.1, 0.15) is 25.7 Å². The third-order valence-corrected chi connectivity index (χ3v) is 6.43. The van der Waals surface area contributed by atoms with Crippen LogP contribution in [0.4, 0.5) is 23.7 Å². The second kappa shape index (κ2) is 8.18. The van der Waals surface area contributed by atoms with Crippen LogP contribution < -0.4 is 4.90 Å². The van der Waals surface area contributed by atoms with E-state index in [-0.39, 0.29) is 38.5 Å². The largest absolute Gasteiger partial charge is 0.465 e. The average molecular weight is 454 g/mol. The van der Waals surface area contributed by atoms with Crippen molar-refractivity contribution in [2.45, 2.75) is 43.4 Å². The topological polar surface area (TPSA) is 84.4 Å². The molecule has 0 atom stereocenters. The molecule has 1 aromatic rings. The number of carbonyl (C=O) groups is 3. The average Bonchev–Trinajstić information content (AvgIpc) is 3.56. The van der Waals surface area contributed by atoms with Gasteiger partial charge in [0.05, 0.1) is 6.67 Å². The summed E-state index contributed by atoms with van der Waals surface area (Å²) in [5.41, 5.74) is -0.281. The third-order valence-electron chi connectivity index (χ3n) is 6.43. The molecule has 0 aromatic heterocycles. The standard InChI is InChI=1S/C21H25F3N4O4/c22-21(23,24)13-27(15-6-7-15)17(29)12-26-14-28(16-4-2-1-3-5-16)20(18(26)30)8-10-25(11-9-20)19(31)32/h1-5,15H,6-14H2,(H,31,32). The van der Waals surface area contributed by atoms with Crippen molar-refractivity contribution in [3.05, 3.63) is 30.3 Å². The molecule has 1 N–H and O–H groups in total. The first-order valence-corrected chi connectivity index (χ1v) is 10.6. The summed E-state index contributed by atoms with van der Waals surface area (Å²) in [5.74, 6) is -1.06. The van der Waals surface area contributed by atoms with Gasteiger partial charge in [-0.3, -0.25) is 9.59 Å². The number of para-hydroxylation sites is 1. The fourth-order valence-corrected chi connectivity index (χ4v) is 4.64. The van der Waals surface area contributed by atoms with Crippen LogP contribution in [0.3, 0.4) is 0 Å². The van der Waals surface area contributed by atoms with Gasteiger partial charge in [0.1, 0.15) is 18.6 Å². The highest BCUT2D eigenvalue weighted by Gasteiger charge is 2.55. The van der Waals surface area contributed by atoms with Crippen LogP contribution >= 0.6 is 0 Å². The van der Waals surface area contributed by atoms with Crippen molar-refractivity contribution in [3.63, 3.8) is 0 Å². The van der Waals surface area contributed by atoms with Gasteiger partial charge in [0.25, 0.3) is 5.91 Å².